The fourth-order valence-corrected chi connectivity index (χ4v) is 2.29. The lowest BCUT2D eigenvalue weighted by atomic mass is 10.0. The Morgan fingerprint density at radius 1 is 1.35 bits per heavy atom. The highest BCUT2D eigenvalue weighted by Crippen LogP contribution is 2.18. The van der Waals surface area contributed by atoms with Crippen LogP contribution in [0.1, 0.15) is 33.1 Å². The van der Waals surface area contributed by atoms with Gasteiger partial charge in [-0.15, -0.1) is 0 Å². The van der Waals surface area contributed by atoms with E-state index in [0.29, 0.717) is 13.0 Å². The summed E-state index contributed by atoms with van der Waals surface area (Å²) in [4.78, 5) is 37.6. The zero-order chi connectivity index (χ0) is 15.3. The molecule has 1 heterocycles. The van der Waals surface area contributed by atoms with Gasteiger partial charge >= 0.3 is 12.0 Å². The molecule has 1 aliphatic rings. The second-order valence-electron chi connectivity index (χ2n) is 5.40. The van der Waals surface area contributed by atoms with E-state index in [-0.39, 0.29) is 18.5 Å². The number of urea groups is 1. The van der Waals surface area contributed by atoms with Crippen LogP contribution >= 0.6 is 0 Å². The van der Waals surface area contributed by atoms with Crippen LogP contribution in [0.25, 0.3) is 0 Å². The Kier molecular flexibility index (Phi) is 5.79. The van der Waals surface area contributed by atoms with Gasteiger partial charge in [0.25, 0.3) is 0 Å². The summed E-state index contributed by atoms with van der Waals surface area (Å²) in [6.07, 6.45) is 2.06. The summed E-state index contributed by atoms with van der Waals surface area (Å²) in [7, 11) is 1.51. The molecule has 0 aromatic carbocycles. The first-order valence-electron chi connectivity index (χ1n) is 6.86. The average molecular weight is 285 g/mol. The first kappa shape index (κ1) is 16.3. The number of nitrogens with one attached hydrogen (secondary N) is 1. The summed E-state index contributed by atoms with van der Waals surface area (Å²) in [5.41, 5.74) is 0. The molecule has 1 saturated heterocycles. The summed E-state index contributed by atoms with van der Waals surface area (Å²) in [6.45, 7) is 4.03. The van der Waals surface area contributed by atoms with Crippen LogP contribution in [0.15, 0.2) is 0 Å². The van der Waals surface area contributed by atoms with E-state index in [2.05, 4.69) is 5.32 Å². The molecule has 1 rings (SSSR count). The highest BCUT2D eigenvalue weighted by atomic mass is 16.4. The van der Waals surface area contributed by atoms with Crippen molar-refractivity contribution in [3.8, 4) is 0 Å². The summed E-state index contributed by atoms with van der Waals surface area (Å²) in [6, 6.07) is -1.18. The predicted molar refractivity (Wildman–Crippen MR) is 73.3 cm³/mol. The number of likely N-dealkylation sites (N-methyl/N-ethyl adjacent to an activating group) is 1. The second kappa shape index (κ2) is 7.12. The number of carbonyl (C=O) groups is 3. The summed E-state index contributed by atoms with van der Waals surface area (Å²) in [5.74, 6) is -1.24. The lowest BCUT2D eigenvalue weighted by Crippen LogP contribution is -2.53. The van der Waals surface area contributed by atoms with Crippen LogP contribution in [-0.4, -0.2) is 65.0 Å². The molecular weight excluding hydrogens is 262 g/mol. The topological polar surface area (TPSA) is 90.0 Å². The maximum Gasteiger partial charge on any atom is 0.326 e. The zero-order valence-corrected chi connectivity index (χ0v) is 12.3. The van der Waals surface area contributed by atoms with E-state index in [9.17, 15) is 14.4 Å². The van der Waals surface area contributed by atoms with Crippen molar-refractivity contribution in [2.24, 2.45) is 0 Å². The van der Waals surface area contributed by atoms with Crippen molar-refractivity contribution in [1.29, 1.82) is 0 Å². The molecule has 2 N–H and O–H groups in total. The Morgan fingerprint density at radius 3 is 2.55 bits per heavy atom. The number of aliphatic carboxylic acids is 1. The predicted octanol–water partition coefficient (Wildman–Crippen LogP) is 0.502. The fraction of sp³-hybridized carbons (Fsp3) is 0.769. The molecule has 1 fully saturated rings. The van der Waals surface area contributed by atoms with Gasteiger partial charge in [0.1, 0.15) is 12.6 Å². The van der Waals surface area contributed by atoms with Gasteiger partial charge in [0.15, 0.2) is 0 Å². The van der Waals surface area contributed by atoms with E-state index in [1.807, 2.05) is 13.8 Å². The highest BCUT2D eigenvalue weighted by molar-refractivity contribution is 5.86. The molecule has 1 aliphatic heterocycles. The molecule has 1 atom stereocenters. The molecule has 0 aromatic rings. The number of carbonyl (C=O) groups excluding carboxylic acids is 2. The van der Waals surface area contributed by atoms with Crippen LogP contribution < -0.4 is 5.32 Å². The van der Waals surface area contributed by atoms with E-state index < -0.39 is 18.0 Å². The highest BCUT2D eigenvalue weighted by Gasteiger charge is 2.33. The standard InChI is InChI=1S/C13H23N3O4/c1-9(2)14-11(17)8-15(3)13(20)16-7-5-4-6-10(16)12(18)19/h9-10H,4-8H2,1-3H3,(H,14,17)(H,18,19). The van der Waals surface area contributed by atoms with Gasteiger partial charge in [-0.1, -0.05) is 0 Å². The molecule has 0 spiro atoms. The van der Waals surface area contributed by atoms with Crippen LogP contribution in [0.5, 0.6) is 0 Å². The van der Waals surface area contributed by atoms with Crippen LogP contribution in [0.2, 0.25) is 0 Å². The molecule has 3 amide bonds. The molecular formula is C13H23N3O4. The normalized spacial score (nSPS) is 18.8. The number of carboxylic acids is 1. The lowest BCUT2D eigenvalue weighted by Gasteiger charge is -2.35. The quantitative estimate of drug-likeness (QED) is 0.787. The van der Waals surface area contributed by atoms with Crippen molar-refractivity contribution in [2.75, 3.05) is 20.1 Å². The molecule has 7 heteroatoms. The van der Waals surface area contributed by atoms with Gasteiger partial charge in [-0.05, 0) is 33.1 Å². The minimum Gasteiger partial charge on any atom is -0.480 e. The minimum atomic E-state index is -0.988. The van der Waals surface area contributed by atoms with Gasteiger partial charge in [0, 0.05) is 19.6 Å². The summed E-state index contributed by atoms with van der Waals surface area (Å²) in [5, 5.41) is 11.8. The maximum absolute atomic E-state index is 12.2. The number of hydrogen-bond acceptors (Lipinski definition) is 3. The molecule has 114 valence electrons. The average Bonchev–Trinajstić information content (AvgIpc) is 2.36. The number of piperidine rings is 1. The van der Waals surface area contributed by atoms with E-state index >= 15 is 0 Å². The number of carboxylic acid groups (broad SMARTS) is 1. The van der Waals surface area contributed by atoms with Gasteiger partial charge in [-0.2, -0.15) is 0 Å². The number of amides is 3. The number of likely N-dealkylation sites (tertiary alicyclic amines) is 1. The van der Waals surface area contributed by atoms with Crippen molar-refractivity contribution in [3.63, 3.8) is 0 Å². The molecule has 0 radical (unpaired) electrons. The van der Waals surface area contributed by atoms with Crippen molar-refractivity contribution >= 4 is 17.9 Å². The van der Waals surface area contributed by atoms with Gasteiger partial charge in [-0.3, -0.25) is 4.79 Å². The molecule has 0 saturated carbocycles. The van der Waals surface area contributed by atoms with Gasteiger partial charge < -0.3 is 20.2 Å². The van der Waals surface area contributed by atoms with E-state index in [0.717, 1.165) is 12.8 Å². The molecule has 0 aliphatic carbocycles. The Bertz CT molecular complexity index is 384. The maximum atomic E-state index is 12.2. The Morgan fingerprint density at radius 2 is 2.00 bits per heavy atom. The third kappa shape index (κ3) is 4.40. The largest absolute Gasteiger partial charge is 0.480 e. The lowest BCUT2D eigenvalue weighted by molar-refractivity contribution is -0.143. The Balaban J connectivity index is 2.62. The van der Waals surface area contributed by atoms with E-state index in [1.54, 1.807) is 0 Å². The molecule has 1 unspecified atom stereocenters. The van der Waals surface area contributed by atoms with Crippen LogP contribution in [0.3, 0.4) is 0 Å². The number of rotatable bonds is 4. The van der Waals surface area contributed by atoms with E-state index in [4.69, 9.17) is 5.11 Å². The fourth-order valence-electron chi connectivity index (χ4n) is 2.29. The van der Waals surface area contributed by atoms with Gasteiger partial charge in [0.2, 0.25) is 5.91 Å². The zero-order valence-electron chi connectivity index (χ0n) is 12.3. The molecule has 0 aromatic heterocycles. The smallest absolute Gasteiger partial charge is 0.326 e. The summed E-state index contributed by atoms with van der Waals surface area (Å²) < 4.78 is 0. The SMILES string of the molecule is CC(C)NC(=O)CN(C)C(=O)N1CCCCC1C(=O)O. The minimum absolute atomic E-state index is 0.00718. The van der Waals surface area contributed by atoms with Gasteiger partial charge in [-0.25, -0.2) is 9.59 Å². The second-order valence-corrected chi connectivity index (χ2v) is 5.40. The van der Waals surface area contributed by atoms with Gasteiger partial charge in [0.05, 0.1) is 0 Å². The first-order valence-corrected chi connectivity index (χ1v) is 6.86. The van der Waals surface area contributed by atoms with E-state index in [1.165, 1.54) is 16.8 Å². The third-order valence-electron chi connectivity index (χ3n) is 3.19. The van der Waals surface area contributed by atoms with Crippen molar-refractivity contribution in [1.82, 2.24) is 15.1 Å². The first-order chi connectivity index (χ1) is 9.32. The number of hydrogen-bond donors (Lipinski definition) is 2. The summed E-state index contributed by atoms with van der Waals surface area (Å²) >= 11 is 0. The van der Waals surface area contributed by atoms with Crippen molar-refractivity contribution in [2.45, 2.75) is 45.2 Å². The Labute approximate surface area is 118 Å². The third-order valence-corrected chi connectivity index (χ3v) is 3.19. The van der Waals surface area contributed by atoms with Crippen LogP contribution in [0, 0.1) is 0 Å². The van der Waals surface area contributed by atoms with Crippen LogP contribution in [0.4, 0.5) is 4.79 Å². The monoisotopic (exact) mass is 285 g/mol. The van der Waals surface area contributed by atoms with Crippen molar-refractivity contribution in [3.05, 3.63) is 0 Å². The number of nitrogens with zero attached hydrogens (tertiary/aromatic N) is 2. The molecule has 20 heavy (non-hydrogen) atoms. The Hall–Kier alpha value is -1.79. The molecule has 7 nitrogen and oxygen atoms in total. The van der Waals surface area contributed by atoms with Crippen LogP contribution in [-0.2, 0) is 9.59 Å². The molecule has 0 bridgehead atoms. The van der Waals surface area contributed by atoms with Crippen molar-refractivity contribution < 1.29 is 19.5 Å².